The summed E-state index contributed by atoms with van der Waals surface area (Å²) in [6.45, 7) is 4.62. The number of hydrogen-bond acceptors (Lipinski definition) is 6. The Labute approximate surface area is 191 Å². The van der Waals surface area contributed by atoms with Gasteiger partial charge in [-0.3, -0.25) is 14.6 Å². The molecule has 1 aliphatic heterocycles. The summed E-state index contributed by atoms with van der Waals surface area (Å²) in [5, 5.41) is 2.70. The predicted octanol–water partition coefficient (Wildman–Crippen LogP) is 4.29. The third-order valence-corrected chi connectivity index (χ3v) is 6.75. The minimum absolute atomic E-state index is 0.129. The van der Waals surface area contributed by atoms with Crippen LogP contribution in [0.15, 0.2) is 48.2 Å². The number of rotatable bonds is 4. The number of benzene rings is 1. The number of piperidine rings is 1. The van der Waals surface area contributed by atoms with Crippen LogP contribution in [-0.4, -0.2) is 33.2 Å². The van der Waals surface area contributed by atoms with Crippen LogP contribution >= 0.6 is 11.3 Å². The Hall–Kier alpha value is -3.26. The number of anilines is 2. The summed E-state index contributed by atoms with van der Waals surface area (Å²) in [6, 6.07) is 9.83. The van der Waals surface area contributed by atoms with Gasteiger partial charge in [-0.15, -0.1) is 11.3 Å². The Morgan fingerprint density at radius 1 is 1.22 bits per heavy atom. The van der Waals surface area contributed by atoms with Crippen molar-refractivity contribution in [3.8, 4) is 10.4 Å². The molecule has 0 saturated carbocycles. The van der Waals surface area contributed by atoms with E-state index in [4.69, 9.17) is 5.73 Å². The number of nitrogen functional groups attached to an aromatic ring is 1. The normalized spacial score (nSPS) is 18.4. The van der Waals surface area contributed by atoms with Gasteiger partial charge in [0.2, 0.25) is 0 Å². The fourth-order valence-electron chi connectivity index (χ4n) is 4.14. The monoisotopic (exact) mass is 449 g/mol. The van der Waals surface area contributed by atoms with Crippen molar-refractivity contribution in [2.24, 2.45) is 5.92 Å². The van der Waals surface area contributed by atoms with Crippen LogP contribution in [0.5, 0.6) is 0 Å². The number of aryl methyl sites for hydroxylation is 1. The first kappa shape index (κ1) is 22.0. The highest BCUT2D eigenvalue weighted by Crippen LogP contribution is 2.35. The van der Waals surface area contributed by atoms with Crippen LogP contribution in [0.25, 0.3) is 10.4 Å². The van der Waals surface area contributed by atoms with Crippen LogP contribution in [0.4, 0.5) is 11.5 Å². The summed E-state index contributed by atoms with van der Waals surface area (Å²) in [5.74, 6) is -0.408. The molecule has 1 saturated heterocycles. The number of likely N-dealkylation sites (tertiary alicyclic amines) is 1. The highest BCUT2D eigenvalue weighted by molar-refractivity contribution is 7.13. The van der Waals surface area contributed by atoms with Gasteiger partial charge in [-0.1, -0.05) is 38.1 Å². The largest absolute Gasteiger partial charge is 0.383 e. The van der Waals surface area contributed by atoms with Gasteiger partial charge in [-0.2, -0.15) is 0 Å². The molecule has 1 fully saturated rings. The molecule has 166 valence electrons. The highest BCUT2D eigenvalue weighted by Gasteiger charge is 2.34. The number of nitrogens with two attached hydrogens (primary N) is 1. The first-order valence-corrected chi connectivity index (χ1v) is 11.7. The van der Waals surface area contributed by atoms with Crippen molar-refractivity contribution < 1.29 is 9.59 Å². The highest BCUT2D eigenvalue weighted by atomic mass is 32.1. The molecule has 0 unspecified atom stereocenters. The van der Waals surface area contributed by atoms with Crippen molar-refractivity contribution in [1.82, 2.24) is 14.9 Å². The van der Waals surface area contributed by atoms with Crippen LogP contribution < -0.4 is 11.1 Å². The molecule has 0 bridgehead atoms. The maximum Gasteiger partial charge on any atom is 0.313 e. The minimum Gasteiger partial charge on any atom is -0.383 e. The molecule has 3 aromatic rings. The Kier molecular flexibility index (Phi) is 6.50. The van der Waals surface area contributed by atoms with E-state index in [1.807, 2.05) is 30.8 Å². The molecular formula is C24H27N5O2S. The van der Waals surface area contributed by atoms with Gasteiger partial charge < -0.3 is 16.0 Å². The van der Waals surface area contributed by atoms with Crippen molar-refractivity contribution in [3.63, 3.8) is 0 Å². The number of thiazole rings is 1. The number of pyridine rings is 1. The van der Waals surface area contributed by atoms with Gasteiger partial charge in [0.25, 0.3) is 0 Å². The molecule has 2 atom stereocenters. The SMILES string of the molecule is CCc1cc(NC(=O)C(=O)N2C[C@H](C)CC[C@H]2c2ccc(-c3cncs3)cc2)cnc1N. The predicted molar refractivity (Wildman–Crippen MR) is 127 cm³/mol. The number of carbonyl (C=O) groups is 2. The molecule has 1 aromatic carbocycles. The summed E-state index contributed by atoms with van der Waals surface area (Å²) >= 11 is 1.59. The summed E-state index contributed by atoms with van der Waals surface area (Å²) in [5.41, 5.74) is 11.1. The van der Waals surface area contributed by atoms with E-state index in [0.717, 1.165) is 34.4 Å². The fraction of sp³-hybridized carbons (Fsp3) is 0.333. The Balaban J connectivity index is 1.52. The van der Waals surface area contributed by atoms with Crippen molar-refractivity contribution in [1.29, 1.82) is 0 Å². The molecule has 0 spiro atoms. The van der Waals surface area contributed by atoms with Crippen molar-refractivity contribution in [2.45, 2.75) is 39.2 Å². The first-order chi connectivity index (χ1) is 15.5. The van der Waals surface area contributed by atoms with Gasteiger partial charge in [0.1, 0.15) is 5.82 Å². The lowest BCUT2D eigenvalue weighted by Crippen LogP contribution is -2.46. The van der Waals surface area contributed by atoms with Crippen LogP contribution in [0, 0.1) is 5.92 Å². The zero-order chi connectivity index (χ0) is 22.7. The van der Waals surface area contributed by atoms with E-state index in [0.29, 0.717) is 30.4 Å². The lowest BCUT2D eigenvalue weighted by Gasteiger charge is -2.38. The number of aromatic nitrogens is 2. The lowest BCUT2D eigenvalue weighted by molar-refractivity contribution is -0.146. The van der Waals surface area contributed by atoms with Gasteiger partial charge in [0.05, 0.1) is 28.3 Å². The van der Waals surface area contributed by atoms with Gasteiger partial charge in [0.15, 0.2) is 0 Å². The minimum atomic E-state index is -0.654. The average molecular weight is 450 g/mol. The van der Waals surface area contributed by atoms with Crippen LogP contribution in [0.1, 0.15) is 43.9 Å². The third kappa shape index (κ3) is 4.65. The number of amides is 2. The van der Waals surface area contributed by atoms with E-state index in [2.05, 4.69) is 34.3 Å². The second-order valence-electron chi connectivity index (χ2n) is 8.22. The molecule has 8 heteroatoms. The molecule has 4 rings (SSSR count). The molecule has 3 heterocycles. The van der Waals surface area contributed by atoms with Crippen LogP contribution in [-0.2, 0) is 16.0 Å². The molecule has 32 heavy (non-hydrogen) atoms. The van der Waals surface area contributed by atoms with E-state index in [-0.39, 0.29) is 6.04 Å². The second-order valence-corrected chi connectivity index (χ2v) is 9.11. The molecule has 7 nitrogen and oxygen atoms in total. The maximum absolute atomic E-state index is 13.2. The van der Waals surface area contributed by atoms with Crippen molar-refractivity contribution in [2.75, 3.05) is 17.6 Å². The van der Waals surface area contributed by atoms with Crippen LogP contribution in [0.3, 0.4) is 0 Å². The number of nitrogens with one attached hydrogen (secondary N) is 1. The molecule has 1 aliphatic rings. The fourth-order valence-corrected chi connectivity index (χ4v) is 4.77. The number of hydrogen-bond donors (Lipinski definition) is 2. The van der Waals surface area contributed by atoms with Gasteiger partial charge in [0, 0.05) is 12.7 Å². The second kappa shape index (κ2) is 9.48. The molecule has 3 N–H and O–H groups in total. The molecule has 2 aromatic heterocycles. The van der Waals surface area contributed by atoms with Crippen molar-refractivity contribution in [3.05, 3.63) is 59.4 Å². The Bertz CT molecular complexity index is 1100. The smallest absolute Gasteiger partial charge is 0.313 e. The standard InChI is InChI=1S/C24H27N5O2S/c1-3-16-10-19(11-27-22(16)25)28-23(30)24(31)29-13-15(2)4-9-20(29)17-5-7-18(8-6-17)21-12-26-14-32-21/h5-8,10-12,14-15,20H,3-4,9,13H2,1-2H3,(H2,25,27)(H,28,30)/t15-,20+/m1/s1. The number of carbonyl (C=O) groups excluding carboxylic acids is 2. The Morgan fingerprint density at radius 2 is 2.00 bits per heavy atom. The summed E-state index contributed by atoms with van der Waals surface area (Å²) in [4.78, 5) is 37.0. The maximum atomic E-state index is 13.2. The number of nitrogens with zero attached hydrogens (tertiary/aromatic N) is 3. The van der Waals surface area contributed by atoms with E-state index in [1.54, 1.807) is 22.3 Å². The summed E-state index contributed by atoms with van der Waals surface area (Å²) < 4.78 is 0. The van der Waals surface area contributed by atoms with Gasteiger partial charge in [-0.25, -0.2) is 4.98 Å². The van der Waals surface area contributed by atoms with E-state index < -0.39 is 11.8 Å². The molecule has 0 aliphatic carbocycles. The third-order valence-electron chi connectivity index (χ3n) is 5.93. The average Bonchev–Trinajstić information content (AvgIpc) is 3.35. The molecule has 2 amide bonds. The first-order valence-electron chi connectivity index (χ1n) is 10.8. The Morgan fingerprint density at radius 3 is 2.69 bits per heavy atom. The summed E-state index contributed by atoms with van der Waals surface area (Å²) in [6.07, 6.45) is 5.85. The topological polar surface area (TPSA) is 101 Å². The molecular weight excluding hydrogens is 422 g/mol. The zero-order valence-electron chi connectivity index (χ0n) is 18.2. The lowest BCUT2D eigenvalue weighted by atomic mass is 9.89. The van der Waals surface area contributed by atoms with Gasteiger partial charge in [-0.05, 0) is 47.9 Å². The molecule has 0 radical (unpaired) electrons. The zero-order valence-corrected chi connectivity index (χ0v) is 19.1. The van der Waals surface area contributed by atoms with Crippen molar-refractivity contribution >= 4 is 34.7 Å². The quantitative estimate of drug-likeness (QED) is 0.579. The van der Waals surface area contributed by atoms with Crippen LogP contribution in [0.2, 0.25) is 0 Å². The van der Waals surface area contributed by atoms with E-state index in [1.165, 1.54) is 6.20 Å². The van der Waals surface area contributed by atoms with E-state index in [9.17, 15) is 9.59 Å². The van der Waals surface area contributed by atoms with E-state index >= 15 is 0 Å². The van der Waals surface area contributed by atoms with Gasteiger partial charge >= 0.3 is 11.8 Å². The summed E-state index contributed by atoms with van der Waals surface area (Å²) in [7, 11) is 0.